The summed E-state index contributed by atoms with van der Waals surface area (Å²) in [6.45, 7) is 14.5. The molecule has 0 aromatic rings. The third-order valence-corrected chi connectivity index (χ3v) is 6.65. The molecule has 0 amide bonds. The van der Waals surface area contributed by atoms with Gasteiger partial charge in [-0.15, -0.1) is 6.58 Å². The van der Waals surface area contributed by atoms with Crippen LogP contribution in [-0.2, 0) is 4.79 Å². The van der Waals surface area contributed by atoms with E-state index in [1.54, 1.807) is 6.92 Å². The highest BCUT2D eigenvalue weighted by Crippen LogP contribution is 2.30. The quantitative estimate of drug-likeness (QED) is 0.227. The molecule has 2 heteroatoms. The molecular weight excluding hydrogens is 272 g/mol. The number of hydrogen-bond donors (Lipinski definition) is 0. The van der Waals surface area contributed by atoms with Gasteiger partial charge in [-0.25, -0.2) is 0 Å². The molecule has 1 nitrogen and oxygen atoms in total. The van der Waals surface area contributed by atoms with E-state index in [-0.39, 0.29) is 5.54 Å². The molecule has 0 aromatic heterocycles. The van der Waals surface area contributed by atoms with Crippen LogP contribution in [0.2, 0.25) is 25.2 Å². The molecular formula is C19H36OSi. The molecule has 1 unspecified atom stereocenters. The van der Waals surface area contributed by atoms with Gasteiger partial charge in [-0.3, -0.25) is 4.79 Å². The van der Waals surface area contributed by atoms with E-state index in [4.69, 9.17) is 0 Å². The van der Waals surface area contributed by atoms with Gasteiger partial charge in [-0.2, -0.15) is 0 Å². The predicted molar refractivity (Wildman–Crippen MR) is 98.7 cm³/mol. The molecule has 1 atom stereocenters. The summed E-state index contributed by atoms with van der Waals surface area (Å²) in [5.41, 5.74) is 1.52. The van der Waals surface area contributed by atoms with Crippen LogP contribution in [0.5, 0.6) is 0 Å². The van der Waals surface area contributed by atoms with E-state index in [1.807, 2.05) is 6.08 Å². The Kier molecular flexibility index (Phi) is 10.7. The fourth-order valence-corrected chi connectivity index (χ4v) is 5.90. The standard InChI is InChI=1S/C19H36OSi/c1-7-8-9-10-11-12-13-14-15-16-17(2)19(18(3)20)21(4,5)6/h7,16,19H,1,8-15H2,2-6H3/b17-16-. The third-order valence-electron chi connectivity index (χ3n) is 4.06. The van der Waals surface area contributed by atoms with E-state index in [9.17, 15) is 4.79 Å². The van der Waals surface area contributed by atoms with E-state index in [0.29, 0.717) is 5.78 Å². The van der Waals surface area contributed by atoms with Crippen LogP contribution in [0, 0.1) is 0 Å². The number of ketones is 1. The van der Waals surface area contributed by atoms with Crippen molar-refractivity contribution in [1.29, 1.82) is 0 Å². The minimum absolute atomic E-state index is 0.205. The molecule has 0 N–H and O–H groups in total. The fraction of sp³-hybridized carbons (Fsp3) is 0.737. The average Bonchev–Trinajstić information content (AvgIpc) is 2.34. The van der Waals surface area contributed by atoms with Gasteiger partial charge in [0, 0.05) is 5.54 Å². The summed E-state index contributed by atoms with van der Waals surface area (Å²) < 4.78 is 0. The summed E-state index contributed by atoms with van der Waals surface area (Å²) in [6.07, 6.45) is 14.5. The zero-order valence-corrected chi connectivity index (χ0v) is 16.0. The van der Waals surface area contributed by atoms with Crippen molar-refractivity contribution in [3.8, 4) is 0 Å². The highest BCUT2D eigenvalue weighted by atomic mass is 28.3. The number of carbonyl (C=O) groups excluding carboxylic acids is 1. The van der Waals surface area contributed by atoms with Crippen molar-refractivity contribution in [2.45, 2.75) is 90.4 Å². The van der Waals surface area contributed by atoms with Crippen LogP contribution in [0.1, 0.15) is 65.2 Å². The second-order valence-corrected chi connectivity index (χ2v) is 12.7. The van der Waals surface area contributed by atoms with Gasteiger partial charge in [0.05, 0.1) is 8.07 Å². The van der Waals surface area contributed by atoms with Crippen molar-refractivity contribution in [2.24, 2.45) is 0 Å². The largest absolute Gasteiger partial charge is 0.300 e. The molecule has 0 heterocycles. The maximum Gasteiger partial charge on any atom is 0.134 e. The molecule has 0 aliphatic carbocycles. The summed E-state index contributed by atoms with van der Waals surface area (Å²) in [4.78, 5) is 11.9. The molecule has 0 bridgehead atoms. The first kappa shape index (κ1) is 20.4. The van der Waals surface area contributed by atoms with Crippen LogP contribution in [0.4, 0.5) is 0 Å². The van der Waals surface area contributed by atoms with E-state index < -0.39 is 8.07 Å². The van der Waals surface area contributed by atoms with Crippen LogP contribution < -0.4 is 0 Å². The number of allylic oxidation sites excluding steroid dienone is 3. The molecule has 0 rings (SSSR count). The van der Waals surface area contributed by atoms with E-state index in [1.165, 1.54) is 44.1 Å². The van der Waals surface area contributed by atoms with Gasteiger partial charge in [-0.05, 0) is 39.5 Å². The molecule has 0 aliphatic heterocycles. The van der Waals surface area contributed by atoms with Crippen LogP contribution in [0.25, 0.3) is 0 Å². The number of hydrogen-bond acceptors (Lipinski definition) is 1. The zero-order valence-electron chi connectivity index (χ0n) is 15.0. The molecule has 21 heavy (non-hydrogen) atoms. The summed E-state index contributed by atoms with van der Waals surface area (Å²) in [5, 5.41) is 0. The second kappa shape index (κ2) is 11.0. The first-order chi connectivity index (χ1) is 9.80. The number of Topliss-reactive ketones (excluding diaryl/α,β-unsaturated/α-hetero) is 1. The first-order valence-corrected chi connectivity index (χ1v) is 12.2. The lowest BCUT2D eigenvalue weighted by atomic mass is 10.1. The Labute approximate surface area is 133 Å². The molecule has 0 aliphatic rings. The van der Waals surface area contributed by atoms with Gasteiger partial charge in [0.15, 0.2) is 0 Å². The summed E-state index contributed by atoms with van der Waals surface area (Å²) in [5.74, 6) is 0.352. The monoisotopic (exact) mass is 308 g/mol. The maximum atomic E-state index is 11.9. The van der Waals surface area contributed by atoms with Gasteiger partial charge < -0.3 is 0 Å². The normalized spacial score (nSPS) is 14.0. The molecule has 0 spiro atoms. The molecule has 0 saturated heterocycles. The Morgan fingerprint density at radius 1 is 0.952 bits per heavy atom. The average molecular weight is 309 g/mol. The van der Waals surface area contributed by atoms with Gasteiger partial charge >= 0.3 is 0 Å². The van der Waals surface area contributed by atoms with Crippen LogP contribution in [0.15, 0.2) is 24.3 Å². The summed E-state index contributed by atoms with van der Waals surface area (Å²) in [6, 6.07) is 0. The fourth-order valence-electron chi connectivity index (χ4n) is 3.20. The zero-order chi connectivity index (χ0) is 16.3. The van der Waals surface area contributed by atoms with E-state index in [0.717, 1.165) is 12.8 Å². The molecule has 0 saturated carbocycles. The van der Waals surface area contributed by atoms with Crippen molar-refractivity contribution >= 4 is 13.9 Å². The lowest BCUT2D eigenvalue weighted by Crippen LogP contribution is -2.33. The minimum atomic E-state index is -1.43. The molecule has 0 aromatic carbocycles. The van der Waals surface area contributed by atoms with Gasteiger partial charge in [0.25, 0.3) is 0 Å². The van der Waals surface area contributed by atoms with E-state index >= 15 is 0 Å². The Morgan fingerprint density at radius 3 is 1.86 bits per heavy atom. The smallest absolute Gasteiger partial charge is 0.134 e. The van der Waals surface area contributed by atoms with Crippen molar-refractivity contribution in [3.05, 3.63) is 24.3 Å². The van der Waals surface area contributed by atoms with Crippen molar-refractivity contribution < 1.29 is 4.79 Å². The molecule has 0 radical (unpaired) electrons. The Bertz CT molecular complexity index is 336. The SMILES string of the molecule is C=CCCCCCCCC/C=C(/C)C(C(C)=O)[Si](C)(C)C. The van der Waals surface area contributed by atoms with Crippen molar-refractivity contribution in [3.63, 3.8) is 0 Å². The van der Waals surface area contributed by atoms with Crippen LogP contribution in [-0.4, -0.2) is 13.9 Å². The molecule has 122 valence electrons. The lowest BCUT2D eigenvalue weighted by Gasteiger charge is -2.27. The second-order valence-electron chi connectivity index (χ2n) is 7.35. The van der Waals surface area contributed by atoms with Gasteiger partial charge in [-0.1, -0.05) is 63.0 Å². The highest BCUT2D eigenvalue weighted by molar-refractivity contribution is 6.81. The van der Waals surface area contributed by atoms with Gasteiger partial charge in [0.2, 0.25) is 0 Å². The number of rotatable bonds is 12. The Hall–Kier alpha value is -0.633. The Balaban J connectivity index is 3.96. The molecule has 0 fully saturated rings. The lowest BCUT2D eigenvalue weighted by molar-refractivity contribution is -0.116. The van der Waals surface area contributed by atoms with Crippen LogP contribution >= 0.6 is 0 Å². The highest BCUT2D eigenvalue weighted by Gasteiger charge is 2.31. The van der Waals surface area contributed by atoms with Crippen molar-refractivity contribution in [1.82, 2.24) is 0 Å². The van der Waals surface area contributed by atoms with Crippen LogP contribution in [0.3, 0.4) is 0 Å². The summed E-state index contributed by atoms with van der Waals surface area (Å²) in [7, 11) is -1.43. The van der Waals surface area contributed by atoms with Crippen molar-refractivity contribution in [2.75, 3.05) is 0 Å². The summed E-state index contributed by atoms with van der Waals surface area (Å²) >= 11 is 0. The topological polar surface area (TPSA) is 17.1 Å². The minimum Gasteiger partial charge on any atom is -0.300 e. The first-order valence-electron chi connectivity index (χ1n) is 8.58. The number of unbranched alkanes of at least 4 members (excludes halogenated alkanes) is 7. The van der Waals surface area contributed by atoms with E-state index in [2.05, 4.69) is 39.2 Å². The predicted octanol–water partition coefficient (Wildman–Crippen LogP) is 6.54. The Morgan fingerprint density at radius 2 is 1.43 bits per heavy atom. The van der Waals surface area contributed by atoms with Gasteiger partial charge in [0.1, 0.15) is 5.78 Å². The number of carbonyl (C=O) groups is 1. The third kappa shape index (κ3) is 9.84. The maximum absolute atomic E-state index is 11.9.